The summed E-state index contributed by atoms with van der Waals surface area (Å²) in [5, 5.41) is 11.6. The quantitative estimate of drug-likeness (QED) is 0.874. The molecular formula is C15H21FN2O3. The van der Waals surface area contributed by atoms with Crippen LogP contribution in [0.25, 0.3) is 0 Å². The molecule has 0 saturated heterocycles. The molecule has 0 aliphatic rings. The maximum absolute atomic E-state index is 13.3. The topological polar surface area (TPSA) is 69.6 Å². The summed E-state index contributed by atoms with van der Waals surface area (Å²) < 4.78 is 13.3. The van der Waals surface area contributed by atoms with Gasteiger partial charge in [0.2, 0.25) is 0 Å². The van der Waals surface area contributed by atoms with Crippen LogP contribution < -0.4 is 5.32 Å². The van der Waals surface area contributed by atoms with Gasteiger partial charge in [-0.25, -0.2) is 14.0 Å². The number of carboxylic acids is 1. The minimum Gasteiger partial charge on any atom is -0.478 e. The van der Waals surface area contributed by atoms with Gasteiger partial charge in [0.25, 0.3) is 0 Å². The number of carbonyl (C=O) groups is 2. The van der Waals surface area contributed by atoms with Gasteiger partial charge >= 0.3 is 12.0 Å². The fourth-order valence-electron chi connectivity index (χ4n) is 1.92. The predicted molar refractivity (Wildman–Crippen MR) is 79.1 cm³/mol. The minimum absolute atomic E-state index is 0.0399. The van der Waals surface area contributed by atoms with Crippen LogP contribution >= 0.6 is 0 Å². The average Bonchev–Trinajstić information content (AvgIpc) is 2.34. The Balaban J connectivity index is 3.00. The van der Waals surface area contributed by atoms with Gasteiger partial charge in [-0.05, 0) is 38.0 Å². The van der Waals surface area contributed by atoms with Gasteiger partial charge in [-0.15, -0.1) is 0 Å². The van der Waals surface area contributed by atoms with Crippen molar-refractivity contribution in [2.24, 2.45) is 5.92 Å². The number of carbonyl (C=O) groups excluding carboxylic acids is 1. The van der Waals surface area contributed by atoms with Crippen LogP contribution in [-0.4, -0.2) is 34.6 Å². The van der Waals surface area contributed by atoms with Crippen molar-refractivity contribution in [3.8, 4) is 0 Å². The lowest BCUT2D eigenvalue weighted by Gasteiger charge is -2.28. The average molecular weight is 296 g/mol. The molecule has 0 fully saturated rings. The first-order valence-electron chi connectivity index (χ1n) is 6.82. The van der Waals surface area contributed by atoms with Crippen LogP contribution in [0.15, 0.2) is 18.2 Å². The van der Waals surface area contributed by atoms with Crippen molar-refractivity contribution in [3.63, 3.8) is 0 Å². The molecule has 1 aromatic carbocycles. The molecule has 0 bridgehead atoms. The number of amides is 2. The van der Waals surface area contributed by atoms with Crippen molar-refractivity contribution in [1.82, 2.24) is 4.90 Å². The number of urea groups is 1. The number of nitrogens with zero attached hydrogens (tertiary/aromatic N) is 1. The predicted octanol–water partition coefficient (Wildman–Crippen LogP) is 3.42. The van der Waals surface area contributed by atoms with E-state index < -0.39 is 17.8 Å². The summed E-state index contributed by atoms with van der Waals surface area (Å²) in [7, 11) is 0. The smallest absolute Gasteiger partial charge is 0.337 e. The van der Waals surface area contributed by atoms with E-state index in [0.29, 0.717) is 6.54 Å². The first-order valence-corrected chi connectivity index (χ1v) is 6.82. The first kappa shape index (κ1) is 16.9. The summed E-state index contributed by atoms with van der Waals surface area (Å²) in [6.45, 7) is 8.22. The Hall–Kier alpha value is -2.11. The maximum Gasteiger partial charge on any atom is 0.337 e. The van der Waals surface area contributed by atoms with Gasteiger partial charge < -0.3 is 15.3 Å². The molecule has 116 valence electrons. The summed E-state index contributed by atoms with van der Waals surface area (Å²) in [5.74, 6) is -1.55. The number of carboxylic acid groups (broad SMARTS) is 1. The second-order valence-corrected chi connectivity index (χ2v) is 5.57. The number of benzene rings is 1. The third-order valence-electron chi connectivity index (χ3n) is 2.90. The van der Waals surface area contributed by atoms with Gasteiger partial charge in [0.05, 0.1) is 11.3 Å². The summed E-state index contributed by atoms with van der Waals surface area (Å²) >= 11 is 0. The van der Waals surface area contributed by atoms with Gasteiger partial charge in [0.1, 0.15) is 5.82 Å². The van der Waals surface area contributed by atoms with E-state index in [2.05, 4.69) is 5.32 Å². The molecule has 0 spiro atoms. The third-order valence-corrected chi connectivity index (χ3v) is 2.90. The Morgan fingerprint density at radius 2 is 1.90 bits per heavy atom. The van der Waals surface area contributed by atoms with Crippen LogP contribution in [0, 0.1) is 11.7 Å². The van der Waals surface area contributed by atoms with E-state index in [0.717, 1.165) is 18.2 Å². The summed E-state index contributed by atoms with van der Waals surface area (Å²) in [6.07, 6.45) is 0. The van der Waals surface area contributed by atoms with Gasteiger partial charge in [-0.3, -0.25) is 0 Å². The number of hydrogen-bond donors (Lipinski definition) is 2. The Morgan fingerprint density at radius 1 is 1.29 bits per heavy atom. The second-order valence-electron chi connectivity index (χ2n) is 5.57. The highest BCUT2D eigenvalue weighted by Crippen LogP contribution is 2.18. The number of halogens is 1. The van der Waals surface area contributed by atoms with Crippen LogP contribution in [0.1, 0.15) is 38.1 Å². The van der Waals surface area contributed by atoms with Crippen LogP contribution in [0.4, 0.5) is 14.9 Å². The van der Waals surface area contributed by atoms with Crippen LogP contribution in [-0.2, 0) is 0 Å². The molecule has 2 N–H and O–H groups in total. The molecule has 0 aliphatic heterocycles. The van der Waals surface area contributed by atoms with Crippen molar-refractivity contribution in [3.05, 3.63) is 29.6 Å². The molecule has 0 atom stereocenters. The van der Waals surface area contributed by atoms with E-state index >= 15 is 0 Å². The highest BCUT2D eigenvalue weighted by atomic mass is 19.1. The second kappa shape index (κ2) is 7.06. The summed E-state index contributed by atoms with van der Waals surface area (Å²) in [5.41, 5.74) is -0.181. The number of hydrogen-bond acceptors (Lipinski definition) is 2. The molecule has 0 saturated carbocycles. The zero-order valence-corrected chi connectivity index (χ0v) is 12.7. The molecule has 0 radical (unpaired) electrons. The van der Waals surface area contributed by atoms with E-state index in [9.17, 15) is 14.0 Å². The van der Waals surface area contributed by atoms with E-state index in [-0.39, 0.29) is 23.2 Å². The number of rotatable bonds is 5. The normalized spacial score (nSPS) is 10.8. The summed E-state index contributed by atoms with van der Waals surface area (Å²) in [6, 6.07) is 2.71. The maximum atomic E-state index is 13.3. The lowest BCUT2D eigenvalue weighted by Crippen LogP contribution is -2.42. The molecule has 21 heavy (non-hydrogen) atoms. The van der Waals surface area contributed by atoms with Gasteiger partial charge in [0.15, 0.2) is 0 Å². The van der Waals surface area contributed by atoms with E-state index in [1.165, 1.54) is 0 Å². The molecule has 1 aromatic rings. The van der Waals surface area contributed by atoms with Crippen molar-refractivity contribution >= 4 is 17.7 Å². The van der Waals surface area contributed by atoms with Crippen LogP contribution in [0.2, 0.25) is 0 Å². The van der Waals surface area contributed by atoms with Crippen molar-refractivity contribution in [2.45, 2.75) is 33.7 Å². The van der Waals surface area contributed by atoms with Gasteiger partial charge in [0, 0.05) is 12.6 Å². The Bertz CT molecular complexity index is 530. The van der Waals surface area contributed by atoms with E-state index in [1.54, 1.807) is 4.90 Å². The largest absolute Gasteiger partial charge is 0.478 e. The fraction of sp³-hybridized carbons (Fsp3) is 0.467. The van der Waals surface area contributed by atoms with Crippen LogP contribution in [0.5, 0.6) is 0 Å². The molecule has 5 nitrogen and oxygen atoms in total. The van der Waals surface area contributed by atoms with Crippen molar-refractivity contribution in [1.29, 1.82) is 0 Å². The highest BCUT2D eigenvalue weighted by Gasteiger charge is 2.20. The summed E-state index contributed by atoms with van der Waals surface area (Å²) in [4.78, 5) is 25.0. The first-order chi connectivity index (χ1) is 9.72. The Morgan fingerprint density at radius 3 is 2.38 bits per heavy atom. The molecule has 0 aromatic heterocycles. The van der Waals surface area contributed by atoms with Gasteiger partial charge in [-0.1, -0.05) is 13.8 Å². The number of nitrogens with one attached hydrogen (secondary N) is 1. The lowest BCUT2D eigenvalue weighted by molar-refractivity contribution is 0.0698. The number of anilines is 1. The molecule has 2 amide bonds. The van der Waals surface area contributed by atoms with E-state index in [1.807, 2.05) is 27.7 Å². The zero-order valence-electron chi connectivity index (χ0n) is 12.7. The number of aromatic carboxylic acids is 1. The molecular weight excluding hydrogens is 275 g/mol. The lowest BCUT2D eigenvalue weighted by atomic mass is 10.1. The SMILES string of the molecule is CC(C)CN(C(=O)Nc1cc(F)ccc1C(=O)O)C(C)C. The molecule has 6 heteroatoms. The van der Waals surface area contributed by atoms with Gasteiger partial charge in [-0.2, -0.15) is 0 Å². The Labute approximate surface area is 123 Å². The molecule has 0 aliphatic carbocycles. The van der Waals surface area contributed by atoms with Crippen molar-refractivity contribution < 1.29 is 19.1 Å². The standard InChI is InChI=1S/C15H21FN2O3/c1-9(2)8-18(10(3)4)15(21)17-13-7-11(16)5-6-12(13)14(19)20/h5-7,9-10H,8H2,1-4H3,(H,17,21)(H,19,20). The zero-order chi connectivity index (χ0) is 16.2. The highest BCUT2D eigenvalue weighted by molar-refractivity contribution is 6.00. The fourth-order valence-corrected chi connectivity index (χ4v) is 1.92. The monoisotopic (exact) mass is 296 g/mol. The molecule has 0 unspecified atom stereocenters. The van der Waals surface area contributed by atoms with E-state index in [4.69, 9.17) is 5.11 Å². The van der Waals surface area contributed by atoms with Crippen LogP contribution in [0.3, 0.4) is 0 Å². The van der Waals surface area contributed by atoms with Crippen molar-refractivity contribution in [2.75, 3.05) is 11.9 Å². The molecule has 0 heterocycles. The Kier molecular flexibility index (Phi) is 5.69. The third kappa shape index (κ3) is 4.73. The molecule has 1 rings (SSSR count). The minimum atomic E-state index is -1.22.